The Morgan fingerprint density at radius 1 is 1.04 bits per heavy atom. The maximum atomic E-state index is 10.7. The molecule has 6 nitrogen and oxygen atoms in total. The lowest BCUT2D eigenvalue weighted by Crippen LogP contribution is -2.35. The second-order valence-corrected chi connectivity index (χ2v) is 7.40. The van der Waals surface area contributed by atoms with E-state index in [4.69, 9.17) is 4.42 Å². The van der Waals surface area contributed by atoms with E-state index < -0.39 is 10.1 Å². The molecular weight excluding hydrogens is 352 g/mol. The van der Waals surface area contributed by atoms with Gasteiger partial charge in [0.05, 0.1) is 16.2 Å². The van der Waals surface area contributed by atoms with Crippen molar-refractivity contribution in [3.05, 3.63) is 66.7 Å². The maximum absolute atomic E-state index is 10.7. The Labute approximate surface area is 152 Å². The van der Waals surface area contributed by atoms with Crippen LogP contribution in [0.15, 0.2) is 65.2 Å². The molecule has 26 heavy (non-hydrogen) atoms. The van der Waals surface area contributed by atoms with Crippen LogP contribution in [-0.2, 0) is 16.7 Å². The Kier molecular flexibility index (Phi) is 5.70. The van der Waals surface area contributed by atoms with Crippen LogP contribution in [0.5, 0.6) is 0 Å². The zero-order chi connectivity index (χ0) is 18.4. The highest BCUT2D eigenvalue weighted by molar-refractivity contribution is 7.85. The van der Waals surface area contributed by atoms with Crippen LogP contribution in [-0.4, -0.2) is 18.7 Å². The van der Waals surface area contributed by atoms with Gasteiger partial charge in [-0.2, -0.15) is 4.57 Å². The molecule has 0 spiro atoms. The highest BCUT2D eigenvalue weighted by Crippen LogP contribution is 2.15. The van der Waals surface area contributed by atoms with Gasteiger partial charge < -0.3 is 14.3 Å². The summed E-state index contributed by atoms with van der Waals surface area (Å²) in [5.74, 6) is 0.309. The van der Waals surface area contributed by atoms with Gasteiger partial charge in [0.15, 0.2) is 6.54 Å². The molecule has 1 heterocycles. The van der Waals surface area contributed by atoms with Crippen molar-refractivity contribution in [2.45, 2.75) is 19.4 Å². The molecule has 0 radical (unpaired) electrons. The van der Waals surface area contributed by atoms with E-state index in [0.29, 0.717) is 25.3 Å². The number of unbranched alkanes of at least 4 members (excludes halogenated alkanes) is 1. The van der Waals surface area contributed by atoms with E-state index in [1.165, 1.54) is 0 Å². The van der Waals surface area contributed by atoms with Gasteiger partial charge >= 0.3 is 5.89 Å². The summed E-state index contributed by atoms with van der Waals surface area (Å²) >= 11 is 0. The van der Waals surface area contributed by atoms with Crippen molar-refractivity contribution in [1.29, 1.82) is 0 Å². The molecule has 0 bridgehead atoms. The van der Waals surface area contributed by atoms with Crippen molar-refractivity contribution in [3.8, 4) is 0 Å². The average molecular weight is 372 g/mol. The second-order valence-electron chi connectivity index (χ2n) is 5.87. The third kappa shape index (κ3) is 4.93. The number of oxazole rings is 1. The summed E-state index contributed by atoms with van der Waals surface area (Å²) in [6.45, 7) is 0.567. The van der Waals surface area contributed by atoms with Gasteiger partial charge in [0.1, 0.15) is 0 Å². The molecule has 1 N–H and O–H groups in total. The number of benzene rings is 2. The van der Waals surface area contributed by atoms with E-state index in [9.17, 15) is 13.0 Å². The Morgan fingerprint density at radius 3 is 2.54 bits per heavy atom. The normalized spacial score (nSPS) is 12.0. The molecule has 0 aliphatic heterocycles. The Balaban J connectivity index is 1.75. The first-order valence-corrected chi connectivity index (χ1v) is 9.94. The number of fused-ring (bicyclic) bond motifs is 1. The number of nitrogens with zero attached hydrogens (tertiary/aromatic N) is 1. The van der Waals surface area contributed by atoms with Crippen LogP contribution < -0.4 is 9.88 Å². The molecule has 7 heteroatoms. The van der Waals surface area contributed by atoms with E-state index in [1.807, 2.05) is 65.2 Å². The van der Waals surface area contributed by atoms with E-state index in [1.54, 1.807) is 6.20 Å². The summed E-state index contributed by atoms with van der Waals surface area (Å²) in [6, 6.07) is 17.4. The fourth-order valence-electron chi connectivity index (χ4n) is 2.70. The Morgan fingerprint density at radius 2 is 1.77 bits per heavy atom. The van der Waals surface area contributed by atoms with Crippen LogP contribution in [0.3, 0.4) is 0 Å². The number of aryl methyl sites for hydroxylation is 1. The van der Waals surface area contributed by atoms with E-state index in [2.05, 4.69) is 5.32 Å². The molecule has 3 aromatic rings. The SMILES string of the molecule is O=S(=O)([O-])CCCC[n+]1c(C=CNc2ccccc2)oc2ccccc21. The highest BCUT2D eigenvalue weighted by Gasteiger charge is 2.19. The lowest BCUT2D eigenvalue weighted by atomic mass is 10.3. The lowest BCUT2D eigenvalue weighted by Gasteiger charge is -2.04. The maximum Gasteiger partial charge on any atom is 0.375 e. The first-order valence-electron chi connectivity index (χ1n) is 8.36. The second kappa shape index (κ2) is 8.16. The van der Waals surface area contributed by atoms with Crippen LogP contribution in [0.4, 0.5) is 5.69 Å². The predicted molar refractivity (Wildman–Crippen MR) is 99.3 cm³/mol. The van der Waals surface area contributed by atoms with Crippen LogP contribution >= 0.6 is 0 Å². The zero-order valence-electron chi connectivity index (χ0n) is 14.2. The van der Waals surface area contributed by atoms with Gasteiger partial charge in [0, 0.05) is 30.1 Å². The molecule has 1 aromatic heterocycles. The minimum atomic E-state index is -4.17. The third-order valence-corrected chi connectivity index (χ3v) is 4.70. The Hall–Kier alpha value is -2.64. The van der Waals surface area contributed by atoms with Gasteiger partial charge in [-0.05, 0) is 24.6 Å². The predicted octanol–water partition coefficient (Wildman–Crippen LogP) is 3.13. The standard InChI is InChI=1S/C19H20N2O4S/c22-26(23,24)15-7-6-14-21-17-10-4-5-11-18(17)25-19(21)12-13-20-16-8-2-1-3-9-16/h1-5,8-13H,6-7,14-15H2,(H,22,23,24). The van der Waals surface area contributed by atoms with Crippen LogP contribution in [0.25, 0.3) is 17.2 Å². The van der Waals surface area contributed by atoms with E-state index in [-0.39, 0.29) is 5.75 Å². The summed E-state index contributed by atoms with van der Waals surface area (Å²) < 4.78 is 40.1. The number of nitrogens with one attached hydrogen (secondary N) is 1. The van der Waals surface area contributed by atoms with Gasteiger partial charge in [0.2, 0.25) is 5.58 Å². The molecular formula is C19H20N2O4S. The van der Waals surface area contributed by atoms with Crippen molar-refractivity contribution in [2.75, 3.05) is 11.1 Å². The fourth-order valence-corrected chi connectivity index (χ4v) is 3.26. The van der Waals surface area contributed by atoms with Crippen molar-refractivity contribution < 1.29 is 22.0 Å². The summed E-state index contributed by atoms with van der Waals surface area (Å²) in [6.07, 6.45) is 4.52. The van der Waals surface area contributed by atoms with Crippen LogP contribution in [0.1, 0.15) is 18.7 Å². The van der Waals surface area contributed by atoms with Crippen LogP contribution in [0.2, 0.25) is 0 Å². The summed E-state index contributed by atoms with van der Waals surface area (Å²) in [5.41, 5.74) is 2.65. The zero-order valence-corrected chi connectivity index (χ0v) is 15.0. The fraction of sp³-hybridized carbons (Fsp3) is 0.211. The Bertz CT molecular complexity index is 995. The molecule has 3 rings (SSSR count). The number of rotatable bonds is 8. The minimum Gasteiger partial charge on any atom is -0.748 e. The number of hydrogen-bond donors (Lipinski definition) is 1. The van der Waals surface area contributed by atoms with Crippen molar-refractivity contribution in [1.82, 2.24) is 0 Å². The first-order chi connectivity index (χ1) is 12.5. The summed E-state index contributed by atoms with van der Waals surface area (Å²) in [4.78, 5) is 0. The van der Waals surface area contributed by atoms with Gasteiger partial charge in [-0.3, -0.25) is 0 Å². The summed E-state index contributed by atoms with van der Waals surface area (Å²) in [5, 5.41) is 3.18. The quantitative estimate of drug-likeness (QED) is 0.373. The molecule has 0 atom stereocenters. The summed E-state index contributed by atoms with van der Waals surface area (Å²) in [7, 11) is -4.17. The average Bonchev–Trinajstić information content (AvgIpc) is 2.96. The van der Waals surface area contributed by atoms with Gasteiger partial charge in [0.25, 0.3) is 5.52 Å². The van der Waals surface area contributed by atoms with Gasteiger partial charge in [-0.15, -0.1) is 0 Å². The van der Waals surface area contributed by atoms with Gasteiger partial charge in [-0.25, -0.2) is 8.42 Å². The van der Waals surface area contributed by atoms with Crippen molar-refractivity contribution in [3.63, 3.8) is 0 Å². The minimum absolute atomic E-state index is 0.323. The molecule has 0 amide bonds. The van der Waals surface area contributed by atoms with Crippen molar-refractivity contribution >= 4 is 33.0 Å². The van der Waals surface area contributed by atoms with E-state index in [0.717, 1.165) is 16.8 Å². The third-order valence-electron chi connectivity index (χ3n) is 3.91. The molecule has 0 unspecified atom stereocenters. The topological polar surface area (TPSA) is 86.2 Å². The molecule has 0 saturated heterocycles. The largest absolute Gasteiger partial charge is 0.748 e. The molecule has 0 aliphatic carbocycles. The highest BCUT2D eigenvalue weighted by atomic mass is 32.2. The lowest BCUT2D eigenvalue weighted by molar-refractivity contribution is -0.678. The molecule has 0 saturated carbocycles. The molecule has 2 aromatic carbocycles. The van der Waals surface area contributed by atoms with Gasteiger partial charge in [-0.1, -0.05) is 30.3 Å². The number of hydrogen-bond acceptors (Lipinski definition) is 5. The smallest absolute Gasteiger partial charge is 0.375 e. The monoisotopic (exact) mass is 372 g/mol. The molecule has 136 valence electrons. The number of para-hydroxylation sites is 3. The number of aromatic nitrogens is 1. The molecule has 0 aliphatic rings. The molecule has 0 fully saturated rings. The van der Waals surface area contributed by atoms with Crippen LogP contribution in [0, 0.1) is 0 Å². The number of anilines is 1. The van der Waals surface area contributed by atoms with Crippen molar-refractivity contribution in [2.24, 2.45) is 0 Å². The van der Waals surface area contributed by atoms with E-state index >= 15 is 0 Å². The first kappa shape index (κ1) is 18.2.